The lowest BCUT2D eigenvalue weighted by Crippen LogP contribution is -2.41. The van der Waals surface area contributed by atoms with E-state index in [1.807, 2.05) is 12.1 Å². The number of carboxylic acids is 1. The number of rotatable bonds is 7. The number of carbonyl (C=O) groups is 2. The smallest absolute Gasteiger partial charge is 0.526 e. The Hall–Kier alpha value is -2.96. The van der Waals surface area contributed by atoms with Crippen molar-refractivity contribution in [2.75, 3.05) is 25.9 Å². The third-order valence-electron chi connectivity index (χ3n) is 6.44. The molecule has 0 radical (unpaired) electrons. The van der Waals surface area contributed by atoms with Gasteiger partial charge in [-0.15, -0.1) is 11.3 Å². The number of nitrogen functional groups attached to an aromatic ring is 1. The van der Waals surface area contributed by atoms with E-state index < -0.39 is 24.7 Å². The Bertz CT molecular complexity index is 1110. The number of benzene rings is 1. The summed E-state index contributed by atoms with van der Waals surface area (Å²) >= 11 is 1.11. The first-order chi connectivity index (χ1) is 15.7. The summed E-state index contributed by atoms with van der Waals surface area (Å²) in [5.41, 5.74) is 6.86. The Morgan fingerprint density at radius 1 is 1.36 bits per heavy atom. The van der Waals surface area contributed by atoms with Crippen LogP contribution < -0.4 is 10.4 Å². The minimum Gasteiger partial charge on any atom is -0.535 e. The molecule has 1 saturated heterocycles. The predicted octanol–water partition coefficient (Wildman–Crippen LogP) is 1.79. The third-order valence-corrected chi connectivity index (χ3v) is 7.11. The van der Waals surface area contributed by atoms with Gasteiger partial charge in [0, 0.05) is 36.0 Å². The van der Waals surface area contributed by atoms with Gasteiger partial charge in [0.15, 0.2) is 16.6 Å². The molecule has 0 saturated carbocycles. The first-order valence-corrected chi connectivity index (χ1v) is 11.6. The van der Waals surface area contributed by atoms with Gasteiger partial charge in [-0.2, -0.15) is 0 Å². The molecular weight excluding hydrogens is 447 g/mol. The van der Waals surface area contributed by atoms with Crippen molar-refractivity contribution in [3.8, 4) is 5.75 Å². The summed E-state index contributed by atoms with van der Waals surface area (Å²) in [6.45, 7) is 2.55. The number of hydrogen-bond donors (Lipinski definition) is 4. The molecule has 12 heteroatoms. The molecule has 2 aliphatic rings. The second kappa shape index (κ2) is 9.12. The highest BCUT2D eigenvalue weighted by Gasteiger charge is 2.40. The van der Waals surface area contributed by atoms with E-state index in [2.05, 4.69) is 17.2 Å². The number of oxime groups is 1. The monoisotopic (exact) mass is 473 g/mol. The van der Waals surface area contributed by atoms with Crippen LogP contribution in [0.25, 0.3) is 0 Å². The zero-order valence-electron chi connectivity index (χ0n) is 18.2. The molecule has 5 N–H and O–H groups in total. The summed E-state index contributed by atoms with van der Waals surface area (Å²) in [6.07, 6.45) is 2.30. The van der Waals surface area contributed by atoms with Crippen LogP contribution in [0.5, 0.6) is 5.75 Å². The molecule has 1 fully saturated rings. The Labute approximate surface area is 195 Å². The van der Waals surface area contributed by atoms with E-state index in [9.17, 15) is 24.9 Å². The van der Waals surface area contributed by atoms with Crippen molar-refractivity contribution in [1.82, 2.24) is 4.98 Å². The van der Waals surface area contributed by atoms with Crippen molar-refractivity contribution in [1.29, 1.82) is 0 Å². The van der Waals surface area contributed by atoms with Crippen molar-refractivity contribution in [2.24, 2.45) is 5.16 Å². The van der Waals surface area contributed by atoms with Crippen LogP contribution in [0, 0.1) is 0 Å². The van der Waals surface area contributed by atoms with Crippen LogP contribution in [-0.4, -0.2) is 69.5 Å². The molecule has 1 aromatic heterocycles. The first kappa shape index (κ1) is 23.2. The van der Waals surface area contributed by atoms with Crippen LogP contribution in [0.4, 0.5) is 5.13 Å². The van der Waals surface area contributed by atoms with Crippen molar-refractivity contribution >= 4 is 41.1 Å². The van der Waals surface area contributed by atoms with Crippen LogP contribution >= 0.6 is 11.3 Å². The van der Waals surface area contributed by atoms with E-state index >= 15 is 0 Å². The third kappa shape index (κ3) is 4.73. The van der Waals surface area contributed by atoms with E-state index in [0.717, 1.165) is 41.8 Å². The maximum absolute atomic E-state index is 12.7. The number of carbonyl (C=O) groups excluding carboxylic acids is 1. The fourth-order valence-electron chi connectivity index (χ4n) is 4.75. The summed E-state index contributed by atoms with van der Waals surface area (Å²) < 4.78 is 6.45. The van der Waals surface area contributed by atoms with Gasteiger partial charge in [-0.25, -0.2) is 9.78 Å². The minimum atomic E-state index is -1.38. The van der Waals surface area contributed by atoms with Crippen LogP contribution in [0.15, 0.2) is 22.7 Å². The molecule has 1 atom stereocenters. The number of aromatic nitrogens is 1. The summed E-state index contributed by atoms with van der Waals surface area (Å²) in [7, 11) is 0.734. The number of carboxylic acid groups (broad SMARTS) is 1. The minimum absolute atomic E-state index is 0.0677. The molecule has 0 bridgehead atoms. The number of nitrogens with two attached hydrogens (primary N) is 1. The molecular formula is C21H26BN4O6S+. The zero-order valence-corrected chi connectivity index (χ0v) is 19.0. The van der Waals surface area contributed by atoms with Gasteiger partial charge in [0.25, 0.3) is 0 Å². The molecule has 33 heavy (non-hydrogen) atoms. The molecule has 1 aromatic carbocycles. The number of likely N-dealkylation sites (tertiary alicyclic amines) is 1. The number of nitrogens with zero attached hydrogens (tertiary/aromatic N) is 3. The van der Waals surface area contributed by atoms with Crippen LogP contribution in [-0.2, 0) is 17.8 Å². The van der Waals surface area contributed by atoms with Crippen LogP contribution in [0.2, 0.25) is 5.82 Å². The lowest BCUT2D eigenvalue weighted by Gasteiger charge is -2.32. The summed E-state index contributed by atoms with van der Waals surface area (Å²) in [5.74, 6) is -2.12. The maximum atomic E-state index is 12.7. The average Bonchev–Trinajstić information content (AvgIpc) is 3.37. The van der Waals surface area contributed by atoms with Crippen molar-refractivity contribution in [2.45, 2.75) is 38.0 Å². The normalized spacial score (nSPS) is 19.8. The first-order valence-electron chi connectivity index (χ1n) is 10.7. The standard InChI is InChI=1S/C21H25BN4O6S/c1-26(6-2-3-7-26)10-13-5-4-12-8-14(22(30)32-19(12)17(13)20(28)29)9-16(27)18(25-31)15-11-33-21(23)24-15/h4-5,11,14,30H,2-3,6-10H2,1H3,(H3-,23,24,27,28,29,31)/p+1/t14-/m1/s1. The molecule has 3 heterocycles. The molecule has 0 aliphatic carbocycles. The molecule has 10 nitrogen and oxygen atoms in total. The topological polar surface area (TPSA) is 155 Å². The summed E-state index contributed by atoms with van der Waals surface area (Å²) in [5, 5.41) is 34.7. The summed E-state index contributed by atoms with van der Waals surface area (Å²) in [4.78, 5) is 28.8. The Morgan fingerprint density at radius 3 is 2.70 bits per heavy atom. The summed E-state index contributed by atoms with van der Waals surface area (Å²) in [6, 6.07) is 3.62. The molecule has 2 aliphatic heterocycles. The molecule has 2 aromatic rings. The highest BCUT2D eigenvalue weighted by atomic mass is 32.1. The van der Waals surface area contributed by atoms with E-state index in [1.54, 1.807) is 0 Å². The van der Waals surface area contributed by atoms with Gasteiger partial charge < -0.3 is 30.2 Å². The van der Waals surface area contributed by atoms with Crippen molar-refractivity contribution in [3.63, 3.8) is 0 Å². The van der Waals surface area contributed by atoms with Crippen molar-refractivity contribution in [3.05, 3.63) is 39.9 Å². The van der Waals surface area contributed by atoms with Gasteiger partial charge in [0.2, 0.25) is 0 Å². The molecule has 0 spiro atoms. The van der Waals surface area contributed by atoms with E-state index in [0.29, 0.717) is 17.7 Å². The van der Waals surface area contributed by atoms with Gasteiger partial charge >= 0.3 is 13.1 Å². The van der Waals surface area contributed by atoms with Gasteiger partial charge in [-0.1, -0.05) is 17.3 Å². The lowest BCUT2D eigenvalue weighted by atomic mass is 9.64. The number of Topliss-reactive ketones (excluding diaryl/α,β-unsaturated/α-hetero) is 1. The zero-order chi connectivity index (χ0) is 23.8. The molecule has 4 rings (SSSR count). The predicted molar refractivity (Wildman–Crippen MR) is 123 cm³/mol. The fraction of sp³-hybridized carbons (Fsp3) is 0.429. The molecule has 0 unspecified atom stereocenters. The average molecular weight is 473 g/mol. The molecule has 0 amide bonds. The SMILES string of the molecule is C[N+]1(Cc2ccc3c(c2C(=O)O)OB(O)[C@@H](CC(=O)/C(=N\O)c2csc(N)n2)C3)CCCC1. The van der Waals surface area contributed by atoms with E-state index in [-0.39, 0.29) is 40.7 Å². The highest BCUT2D eigenvalue weighted by molar-refractivity contribution is 7.13. The van der Waals surface area contributed by atoms with Crippen LogP contribution in [0.1, 0.15) is 46.4 Å². The second-order valence-electron chi connectivity index (χ2n) is 8.94. The van der Waals surface area contributed by atoms with Gasteiger partial charge in [0.1, 0.15) is 23.6 Å². The maximum Gasteiger partial charge on any atom is 0.526 e. The number of thiazole rings is 1. The Balaban J connectivity index is 1.56. The number of aromatic carboxylic acids is 1. The van der Waals surface area contributed by atoms with Crippen molar-refractivity contribution < 1.29 is 34.1 Å². The van der Waals surface area contributed by atoms with Gasteiger partial charge in [-0.05, 0) is 12.0 Å². The van der Waals surface area contributed by atoms with E-state index in [1.165, 1.54) is 5.38 Å². The number of anilines is 1. The second-order valence-corrected chi connectivity index (χ2v) is 9.83. The van der Waals surface area contributed by atoms with Gasteiger partial charge in [0.05, 0.1) is 20.1 Å². The number of fused-ring (bicyclic) bond motifs is 1. The van der Waals surface area contributed by atoms with Crippen LogP contribution in [0.3, 0.4) is 0 Å². The quantitative estimate of drug-likeness (QED) is 0.156. The number of ketones is 1. The van der Waals surface area contributed by atoms with Gasteiger partial charge in [-0.3, -0.25) is 4.79 Å². The number of hydrogen-bond acceptors (Lipinski definition) is 9. The highest BCUT2D eigenvalue weighted by Crippen LogP contribution is 2.39. The lowest BCUT2D eigenvalue weighted by molar-refractivity contribution is -0.910. The van der Waals surface area contributed by atoms with E-state index in [4.69, 9.17) is 10.4 Å². The Morgan fingerprint density at radius 2 is 2.09 bits per heavy atom. The Kier molecular flexibility index (Phi) is 6.42. The molecule has 174 valence electrons. The largest absolute Gasteiger partial charge is 0.535 e. The number of quaternary nitrogens is 1. The fourth-order valence-corrected chi connectivity index (χ4v) is 5.30.